The SMILES string of the molecule is C#CC(C)N(CCC)C1CCCNC1. The number of nitrogens with one attached hydrogen (secondary N) is 1. The summed E-state index contributed by atoms with van der Waals surface area (Å²) in [5, 5.41) is 3.44. The van der Waals surface area contributed by atoms with E-state index in [-0.39, 0.29) is 6.04 Å². The van der Waals surface area contributed by atoms with Gasteiger partial charge in [-0.25, -0.2) is 0 Å². The van der Waals surface area contributed by atoms with Gasteiger partial charge in [-0.15, -0.1) is 6.42 Å². The highest BCUT2D eigenvalue weighted by atomic mass is 15.2. The summed E-state index contributed by atoms with van der Waals surface area (Å²) in [4.78, 5) is 2.46. The Bertz CT molecular complexity index is 189. The lowest BCUT2D eigenvalue weighted by molar-refractivity contribution is 0.146. The normalized spacial score (nSPS) is 24.6. The van der Waals surface area contributed by atoms with Gasteiger partial charge in [0.15, 0.2) is 0 Å². The fourth-order valence-electron chi connectivity index (χ4n) is 2.16. The fourth-order valence-corrected chi connectivity index (χ4v) is 2.16. The average Bonchev–Trinajstić information content (AvgIpc) is 2.26. The third-order valence-corrected chi connectivity index (χ3v) is 2.96. The highest BCUT2D eigenvalue weighted by molar-refractivity contribution is 4.99. The van der Waals surface area contributed by atoms with Gasteiger partial charge in [-0.3, -0.25) is 4.90 Å². The number of hydrogen-bond acceptors (Lipinski definition) is 2. The van der Waals surface area contributed by atoms with Crippen LogP contribution in [-0.2, 0) is 0 Å². The third-order valence-electron chi connectivity index (χ3n) is 2.96. The summed E-state index contributed by atoms with van der Waals surface area (Å²) in [5.41, 5.74) is 0. The lowest BCUT2D eigenvalue weighted by Crippen LogP contribution is -2.49. The number of nitrogens with zero attached hydrogens (tertiary/aromatic N) is 1. The van der Waals surface area contributed by atoms with E-state index in [9.17, 15) is 0 Å². The van der Waals surface area contributed by atoms with Crippen LogP contribution in [0, 0.1) is 12.3 Å². The molecule has 2 atom stereocenters. The van der Waals surface area contributed by atoms with Gasteiger partial charge in [0, 0.05) is 12.6 Å². The predicted molar refractivity (Wildman–Crippen MR) is 61.2 cm³/mol. The van der Waals surface area contributed by atoms with Gasteiger partial charge in [0.25, 0.3) is 0 Å². The molecule has 1 heterocycles. The van der Waals surface area contributed by atoms with Gasteiger partial charge in [-0.1, -0.05) is 12.8 Å². The summed E-state index contributed by atoms with van der Waals surface area (Å²) in [6, 6.07) is 0.926. The second-order valence-corrected chi connectivity index (χ2v) is 4.08. The van der Waals surface area contributed by atoms with Crippen molar-refractivity contribution in [3.8, 4) is 12.3 Å². The number of rotatable bonds is 4. The smallest absolute Gasteiger partial charge is 0.0686 e. The molecule has 0 aromatic carbocycles. The van der Waals surface area contributed by atoms with Gasteiger partial charge in [0.05, 0.1) is 6.04 Å². The van der Waals surface area contributed by atoms with Crippen LogP contribution in [0.25, 0.3) is 0 Å². The van der Waals surface area contributed by atoms with Crippen LogP contribution >= 0.6 is 0 Å². The Morgan fingerprint density at radius 3 is 2.93 bits per heavy atom. The van der Waals surface area contributed by atoms with Crippen LogP contribution in [0.2, 0.25) is 0 Å². The second-order valence-electron chi connectivity index (χ2n) is 4.08. The number of terminal acetylenes is 1. The monoisotopic (exact) mass is 194 g/mol. The summed E-state index contributed by atoms with van der Waals surface area (Å²) in [5.74, 6) is 2.85. The molecule has 0 aromatic heterocycles. The maximum absolute atomic E-state index is 5.50. The van der Waals surface area contributed by atoms with Crippen molar-refractivity contribution >= 4 is 0 Å². The van der Waals surface area contributed by atoms with E-state index in [2.05, 4.69) is 30.0 Å². The zero-order valence-corrected chi connectivity index (χ0v) is 9.42. The van der Waals surface area contributed by atoms with Crippen LogP contribution in [0.5, 0.6) is 0 Å². The van der Waals surface area contributed by atoms with Crippen molar-refractivity contribution in [3.63, 3.8) is 0 Å². The Balaban J connectivity index is 2.51. The molecular formula is C12H22N2. The molecule has 1 rings (SSSR count). The molecule has 2 heteroatoms. The van der Waals surface area contributed by atoms with E-state index in [0.29, 0.717) is 6.04 Å². The standard InChI is InChI=1S/C12H22N2/c1-4-9-14(11(3)5-2)12-7-6-8-13-10-12/h2,11-13H,4,6-10H2,1,3H3. The number of hydrogen-bond donors (Lipinski definition) is 1. The van der Waals surface area contributed by atoms with Crippen molar-refractivity contribution in [1.82, 2.24) is 10.2 Å². The summed E-state index contributed by atoms with van der Waals surface area (Å²) in [7, 11) is 0. The Hall–Kier alpha value is -0.520. The molecule has 1 saturated heterocycles. The minimum absolute atomic E-state index is 0.278. The van der Waals surface area contributed by atoms with Crippen LogP contribution in [0.1, 0.15) is 33.1 Å². The molecule has 0 radical (unpaired) electrons. The zero-order chi connectivity index (χ0) is 10.4. The van der Waals surface area contributed by atoms with Gasteiger partial charge in [-0.2, -0.15) is 0 Å². The van der Waals surface area contributed by atoms with Gasteiger partial charge in [-0.05, 0) is 39.3 Å². The molecule has 0 saturated carbocycles. The van der Waals surface area contributed by atoms with Crippen molar-refractivity contribution < 1.29 is 0 Å². The van der Waals surface area contributed by atoms with Crippen LogP contribution in [0.15, 0.2) is 0 Å². The van der Waals surface area contributed by atoms with Crippen LogP contribution in [-0.4, -0.2) is 36.6 Å². The van der Waals surface area contributed by atoms with Crippen molar-refractivity contribution in [3.05, 3.63) is 0 Å². The molecule has 2 unspecified atom stereocenters. The van der Waals surface area contributed by atoms with Crippen LogP contribution in [0.3, 0.4) is 0 Å². The topological polar surface area (TPSA) is 15.3 Å². The lowest BCUT2D eigenvalue weighted by atomic mass is 10.0. The molecule has 80 valence electrons. The van der Waals surface area contributed by atoms with Gasteiger partial charge >= 0.3 is 0 Å². The first-order valence-corrected chi connectivity index (χ1v) is 5.72. The summed E-state index contributed by atoms with van der Waals surface area (Å²) in [6.45, 7) is 7.74. The molecule has 0 amide bonds. The molecule has 0 aliphatic carbocycles. The summed E-state index contributed by atoms with van der Waals surface area (Å²) >= 11 is 0. The highest BCUT2D eigenvalue weighted by Gasteiger charge is 2.23. The maximum Gasteiger partial charge on any atom is 0.0686 e. The predicted octanol–water partition coefficient (Wildman–Crippen LogP) is 1.47. The van der Waals surface area contributed by atoms with Crippen molar-refractivity contribution in [2.45, 2.75) is 45.2 Å². The van der Waals surface area contributed by atoms with Crippen LogP contribution < -0.4 is 5.32 Å². The quantitative estimate of drug-likeness (QED) is 0.682. The van der Waals surface area contributed by atoms with E-state index in [4.69, 9.17) is 6.42 Å². The molecule has 14 heavy (non-hydrogen) atoms. The van der Waals surface area contributed by atoms with Crippen molar-refractivity contribution in [1.29, 1.82) is 0 Å². The average molecular weight is 194 g/mol. The van der Waals surface area contributed by atoms with E-state index >= 15 is 0 Å². The molecule has 1 N–H and O–H groups in total. The van der Waals surface area contributed by atoms with E-state index in [1.807, 2.05) is 0 Å². The first kappa shape index (κ1) is 11.6. The first-order valence-electron chi connectivity index (χ1n) is 5.72. The Labute approximate surface area is 88.1 Å². The summed E-state index contributed by atoms with van der Waals surface area (Å²) in [6.07, 6.45) is 9.25. The molecule has 0 spiro atoms. The third kappa shape index (κ3) is 3.01. The van der Waals surface area contributed by atoms with E-state index in [0.717, 1.165) is 13.1 Å². The number of piperidine rings is 1. The van der Waals surface area contributed by atoms with E-state index in [1.165, 1.54) is 25.8 Å². The maximum atomic E-state index is 5.50. The van der Waals surface area contributed by atoms with Gasteiger partial charge in [0.1, 0.15) is 0 Å². The molecular weight excluding hydrogens is 172 g/mol. The molecule has 0 bridgehead atoms. The molecule has 1 aliphatic heterocycles. The molecule has 1 fully saturated rings. The van der Waals surface area contributed by atoms with Gasteiger partial charge in [0.2, 0.25) is 0 Å². The Kier molecular flexibility index (Phi) is 5.00. The Morgan fingerprint density at radius 1 is 1.64 bits per heavy atom. The first-order chi connectivity index (χ1) is 6.79. The zero-order valence-electron chi connectivity index (χ0n) is 9.42. The summed E-state index contributed by atoms with van der Waals surface area (Å²) < 4.78 is 0. The molecule has 1 aliphatic rings. The highest BCUT2D eigenvalue weighted by Crippen LogP contribution is 2.13. The fraction of sp³-hybridized carbons (Fsp3) is 0.833. The van der Waals surface area contributed by atoms with E-state index < -0.39 is 0 Å². The molecule has 2 nitrogen and oxygen atoms in total. The van der Waals surface area contributed by atoms with E-state index in [1.54, 1.807) is 0 Å². The minimum Gasteiger partial charge on any atom is -0.315 e. The molecule has 0 aromatic rings. The Morgan fingerprint density at radius 2 is 2.43 bits per heavy atom. The van der Waals surface area contributed by atoms with Crippen LogP contribution in [0.4, 0.5) is 0 Å². The van der Waals surface area contributed by atoms with Gasteiger partial charge < -0.3 is 5.32 Å². The second kappa shape index (κ2) is 6.06. The van der Waals surface area contributed by atoms with Crippen molar-refractivity contribution in [2.24, 2.45) is 0 Å². The lowest BCUT2D eigenvalue weighted by Gasteiger charge is -2.36. The van der Waals surface area contributed by atoms with Crippen molar-refractivity contribution in [2.75, 3.05) is 19.6 Å². The largest absolute Gasteiger partial charge is 0.315 e. The minimum atomic E-state index is 0.278.